The summed E-state index contributed by atoms with van der Waals surface area (Å²) in [6, 6.07) is 0. The fraction of sp³-hybridized carbons (Fsp3) is 0.933. The predicted molar refractivity (Wildman–Crippen MR) is 155 cm³/mol. The number of carboxylic acids is 2. The Kier molecular flexibility index (Phi) is 40.2. The van der Waals surface area contributed by atoms with E-state index in [0.29, 0.717) is 12.8 Å². The van der Waals surface area contributed by atoms with Crippen LogP contribution in [0.5, 0.6) is 0 Å². The van der Waals surface area contributed by atoms with E-state index in [4.69, 9.17) is 10.2 Å². The molecule has 0 saturated heterocycles. The molecule has 0 spiro atoms. The van der Waals surface area contributed by atoms with Crippen LogP contribution in [0, 0.1) is 0 Å². The van der Waals surface area contributed by atoms with Gasteiger partial charge >= 0.3 is 35.0 Å². The summed E-state index contributed by atoms with van der Waals surface area (Å²) in [6.07, 6.45) is 31.6. The number of unbranched alkanes of at least 4 members (excludes halogenated alkanes) is 22. The summed E-state index contributed by atoms with van der Waals surface area (Å²) >= 11 is 0. The monoisotopic (exact) mass is 510 g/mol. The quantitative estimate of drug-likeness (QED) is 0.0895. The molecular weight excluding hydrogens is 449 g/mol. The fourth-order valence-electron chi connectivity index (χ4n) is 4.23. The van der Waals surface area contributed by atoms with Gasteiger partial charge in [-0.3, -0.25) is 9.59 Å². The fourth-order valence-corrected chi connectivity index (χ4v) is 4.23. The summed E-state index contributed by atoms with van der Waals surface area (Å²) in [5.74, 6) is -1.31. The molecule has 0 aliphatic carbocycles. The van der Waals surface area contributed by atoms with E-state index in [2.05, 4.69) is 13.8 Å². The number of carboxylic acid groups (broad SMARTS) is 2. The van der Waals surface area contributed by atoms with Crippen molar-refractivity contribution in [2.75, 3.05) is 0 Å². The van der Waals surface area contributed by atoms with Crippen LogP contribution >= 0.6 is 0 Å². The van der Waals surface area contributed by atoms with Gasteiger partial charge in [-0.2, -0.15) is 0 Å². The summed E-state index contributed by atoms with van der Waals surface area (Å²) in [6.45, 7) is 4.51. The molecule has 0 aromatic carbocycles. The molecule has 0 aromatic heterocycles. The minimum Gasteiger partial charge on any atom is -1.00 e. The summed E-state index contributed by atoms with van der Waals surface area (Å²) in [4.78, 5) is 20.6. The van der Waals surface area contributed by atoms with E-state index in [9.17, 15) is 9.59 Å². The maximum atomic E-state index is 10.3. The van der Waals surface area contributed by atoms with Gasteiger partial charge in [0.05, 0.1) is 0 Å². The van der Waals surface area contributed by atoms with Crippen molar-refractivity contribution in [2.45, 2.75) is 181 Å². The molecule has 0 saturated carbocycles. The number of aliphatic carboxylic acids is 2. The Morgan fingerprint density at radius 1 is 0.400 bits per heavy atom. The summed E-state index contributed by atoms with van der Waals surface area (Å²) < 4.78 is 0. The van der Waals surface area contributed by atoms with Crippen LogP contribution in [-0.4, -0.2) is 45.2 Å². The van der Waals surface area contributed by atoms with E-state index in [-0.39, 0.29) is 25.9 Å². The van der Waals surface area contributed by atoms with Gasteiger partial charge in [0, 0.05) is 12.8 Å². The standard InChI is InChI=1S/C16H32O2.C14H28O2.Mg.2H/c1-2-3-4-5-6-7-8-9-10-11-12-13-14-15-16(17)18;1-2-3-4-5-6-7-8-9-10-11-12-13-14(15)16;;;/h2-15H2,1H3,(H,17,18);2-13H2,1H3,(H,15,16);;;/q;;+2;2*-1. The van der Waals surface area contributed by atoms with Crippen molar-refractivity contribution < 1.29 is 22.7 Å². The van der Waals surface area contributed by atoms with Gasteiger partial charge in [-0.05, 0) is 12.8 Å². The second-order valence-corrected chi connectivity index (χ2v) is 10.1. The molecule has 0 aromatic rings. The normalized spacial score (nSPS) is 10.3. The van der Waals surface area contributed by atoms with E-state index < -0.39 is 11.9 Å². The Labute approximate surface area is 237 Å². The minimum absolute atomic E-state index is 0. The van der Waals surface area contributed by atoms with E-state index in [0.717, 1.165) is 25.7 Å². The average Bonchev–Trinajstić information content (AvgIpc) is 2.80. The van der Waals surface area contributed by atoms with Gasteiger partial charge in [0.1, 0.15) is 0 Å². The van der Waals surface area contributed by atoms with Crippen LogP contribution in [0.3, 0.4) is 0 Å². The third kappa shape index (κ3) is 44.1. The van der Waals surface area contributed by atoms with E-state index in [1.807, 2.05) is 0 Å². The van der Waals surface area contributed by atoms with Gasteiger partial charge in [-0.25, -0.2) is 0 Å². The minimum atomic E-state index is -0.657. The van der Waals surface area contributed by atoms with Crippen LogP contribution in [0.25, 0.3) is 0 Å². The predicted octanol–water partition coefficient (Wildman–Crippen LogP) is 10.2. The van der Waals surface area contributed by atoms with Gasteiger partial charge in [0.2, 0.25) is 0 Å². The largest absolute Gasteiger partial charge is 2.00 e. The van der Waals surface area contributed by atoms with Gasteiger partial charge in [-0.1, -0.05) is 155 Å². The Bertz CT molecular complexity index is 426. The number of carbonyl (C=O) groups is 2. The molecule has 2 N–H and O–H groups in total. The molecule has 5 heteroatoms. The first-order valence-electron chi connectivity index (χ1n) is 15.0. The maximum Gasteiger partial charge on any atom is 2.00 e. The van der Waals surface area contributed by atoms with E-state index in [1.54, 1.807) is 0 Å². The second-order valence-electron chi connectivity index (χ2n) is 10.1. The number of hydrogen-bond acceptors (Lipinski definition) is 2. The number of rotatable bonds is 26. The first-order chi connectivity index (χ1) is 16.5. The third-order valence-electron chi connectivity index (χ3n) is 6.49. The molecule has 0 radical (unpaired) electrons. The zero-order valence-corrected chi connectivity index (χ0v) is 25.2. The molecule has 0 aliphatic rings. The summed E-state index contributed by atoms with van der Waals surface area (Å²) in [5, 5.41) is 16.9. The van der Waals surface area contributed by atoms with Crippen molar-refractivity contribution >= 4 is 35.0 Å². The van der Waals surface area contributed by atoms with Crippen molar-refractivity contribution in [2.24, 2.45) is 0 Å². The molecule has 208 valence electrons. The van der Waals surface area contributed by atoms with Crippen LogP contribution < -0.4 is 0 Å². The molecule has 4 nitrogen and oxygen atoms in total. The van der Waals surface area contributed by atoms with Crippen molar-refractivity contribution in [3.05, 3.63) is 0 Å². The molecule has 0 fully saturated rings. The van der Waals surface area contributed by atoms with Gasteiger partial charge in [0.15, 0.2) is 0 Å². The molecule has 0 unspecified atom stereocenters. The smallest absolute Gasteiger partial charge is 1.00 e. The molecule has 35 heavy (non-hydrogen) atoms. The molecule has 0 heterocycles. The van der Waals surface area contributed by atoms with Gasteiger partial charge in [0.25, 0.3) is 0 Å². The van der Waals surface area contributed by atoms with Crippen molar-refractivity contribution in [3.63, 3.8) is 0 Å². The van der Waals surface area contributed by atoms with Gasteiger partial charge in [-0.15, -0.1) is 0 Å². The Morgan fingerprint density at radius 3 is 0.743 bits per heavy atom. The maximum absolute atomic E-state index is 10.3. The first kappa shape index (κ1) is 39.2. The van der Waals surface area contributed by atoms with Crippen LogP contribution in [0.15, 0.2) is 0 Å². The Balaban J connectivity index is -0.000000172. The van der Waals surface area contributed by atoms with Crippen LogP contribution in [-0.2, 0) is 9.59 Å². The Morgan fingerprint density at radius 2 is 0.571 bits per heavy atom. The Hall–Kier alpha value is -0.294. The SMILES string of the molecule is CCCCCCCCCCCCCC(=O)O.CCCCCCCCCCCCCCCC(=O)O.[H-].[H-].[Mg+2]. The van der Waals surface area contributed by atoms with Crippen LogP contribution in [0.1, 0.15) is 184 Å². The molecule has 0 bridgehead atoms. The van der Waals surface area contributed by atoms with Crippen molar-refractivity contribution in [3.8, 4) is 0 Å². The molecular formula is C30H62MgO4. The van der Waals surface area contributed by atoms with Crippen molar-refractivity contribution in [1.82, 2.24) is 0 Å². The van der Waals surface area contributed by atoms with Crippen LogP contribution in [0.2, 0.25) is 0 Å². The second kappa shape index (κ2) is 35.9. The van der Waals surface area contributed by atoms with Gasteiger partial charge < -0.3 is 13.1 Å². The molecule has 0 rings (SSSR count). The molecule has 0 amide bonds. The molecule has 0 aliphatic heterocycles. The zero-order chi connectivity index (χ0) is 25.5. The van der Waals surface area contributed by atoms with Crippen molar-refractivity contribution in [1.29, 1.82) is 0 Å². The topological polar surface area (TPSA) is 74.6 Å². The van der Waals surface area contributed by atoms with E-state index >= 15 is 0 Å². The van der Waals surface area contributed by atoms with E-state index in [1.165, 1.54) is 128 Å². The summed E-state index contributed by atoms with van der Waals surface area (Å²) in [7, 11) is 0. The number of hydrogen-bond donors (Lipinski definition) is 2. The van der Waals surface area contributed by atoms with Crippen LogP contribution in [0.4, 0.5) is 0 Å². The molecule has 0 atom stereocenters. The average molecular weight is 511 g/mol. The third-order valence-corrected chi connectivity index (χ3v) is 6.49. The first-order valence-corrected chi connectivity index (χ1v) is 15.0. The summed E-state index contributed by atoms with van der Waals surface area (Å²) in [5.41, 5.74) is 0. The zero-order valence-electron chi connectivity index (χ0n) is 25.8.